The summed E-state index contributed by atoms with van der Waals surface area (Å²) in [6, 6.07) is 28.4. The van der Waals surface area contributed by atoms with Crippen molar-refractivity contribution < 1.29 is 4.42 Å². The second kappa shape index (κ2) is 6.79. The van der Waals surface area contributed by atoms with E-state index in [0.29, 0.717) is 5.56 Å². The summed E-state index contributed by atoms with van der Waals surface area (Å²) in [5.41, 5.74) is 5.67. The number of benzene rings is 3. The van der Waals surface area contributed by atoms with Gasteiger partial charge in [-0.1, -0.05) is 48.5 Å². The predicted molar refractivity (Wildman–Crippen MR) is 122 cm³/mol. The van der Waals surface area contributed by atoms with Crippen molar-refractivity contribution in [3.05, 3.63) is 96.8 Å². The van der Waals surface area contributed by atoms with Gasteiger partial charge in [-0.2, -0.15) is 5.26 Å². The summed E-state index contributed by atoms with van der Waals surface area (Å²) in [5.74, 6) is 0. The maximum atomic E-state index is 9.20. The molecule has 4 heteroatoms. The fraction of sp³-hybridized carbons (Fsp3) is 0. The van der Waals surface area contributed by atoms with E-state index in [1.807, 2.05) is 42.5 Å². The Balaban J connectivity index is 1.63. The molecule has 0 unspecified atom stereocenters. The zero-order chi connectivity index (χ0) is 20.8. The van der Waals surface area contributed by atoms with E-state index in [4.69, 9.17) is 9.40 Å². The van der Waals surface area contributed by atoms with E-state index in [9.17, 15) is 5.26 Å². The Hall–Kier alpha value is -4.49. The number of furan rings is 1. The lowest BCUT2D eigenvalue weighted by atomic mass is 9.97. The van der Waals surface area contributed by atoms with Crippen LogP contribution in [0.1, 0.15) is 5.56 Å². The van der Waals surface area contributed by atoms with Gasteiger partial charge < -0.3 is 4.42 Å². The molecule has 3 aromatic carbocycles. The van der Waals surface area contributed by atoms with Crippen molar-refractivity contribution in [1.82, 2.24) is 9.97 Å². The summed E-state index contributed by atoms with van der Waals surface area (Å²) in [7, 11) is 0. The fourth-order valence-corrected chi connectivity index (χ4v) is 4.19. The molecule has 0 amide bonds. The van der Waals surface area contributed by atoms with Crippen LogP contribution in [0.3, 0.4) is 0 Å². The van der Waals surface area contributed by atoms with Gasteiger partial charge in [0.15, 0.2) is 0 Å². The highest BCUT2D eigenvalue weighted by molar-refractivity contribution is 6.21. The minimum atomic E-state index is 0.513. The van der Waals surface area contributed by atoms with E-state index in [-0.39, 0.29) is 0 Å². The van der Waals surface area contributed by atoms with Gasteiger partial charge in [-0.25, -0.2) is 4.98 Å². The van der Waals surface area contributed by atoms with Gasteiger partial charge in [0.25, 0.3) is 0 Å². The van der Waals surface area contributed by atoms with E-state index in [1.165, 1.54) is 0 Å². The lowest BCUT2D eigenvalue weighted by Crippen LogP contribution is -1.91. The average Bonchev–Trinajstić information content (AvgIpc) is 3.22. The molecule has 3 heterocycles. The molecule has 0 aliphatic carbocycles. The van der Waals surface area contributed by atoms with Crippen molar-refractivity contribution in [1.29, 1.82) is 5.26 Å². The predicted octanol–water partition coefficient (Wildman–Crippen LogP) is 6.73. The van der Waals surface area contributed by atoms with Crippen molar-refractivity contribution >= 4 is 32.7 Å². The Kier molecular flexibility index (Phi) is 3.81. The molecule has 0 spiro atoms. The number of nitrogens with zero attached hydrogens (tertiary/aromatic N) is 3. The Morgan fingerprint density at radius 1 is 0.710 bits per heavy atom. The molecule has 0 N–H and O–H groups in total. The molecule has 6 rings (SSSR count). The number of rotatable bonds is 2. The molecule has 6 aromatic rings. The molecule has 0 atom stereocenters. The molecular formula is C27H15N3O. The minimum Gasteiger partial charge on any atom is -0.456 e. The number of para-hydroxylation sites is 1. The van der Waals surface area contributed by atoms with Crippen LogP contribution >= 0.6 is 0 Å². The van der Waals surface area contributed by atoms with Crippen LogP contribution in [0.25, 0.3) is 55.2 Å². The molecule has 4 nitrogen and oxygen atoms in total. The molecule has 31 heavy (non-hydrogen) atoms. The molecule has 0 aliphatic heterocycles. The van der Waals surface area contributed by atoms with Gasteiger partial charge in [-0.3, -0.25) is 4.98 Å². The third kappa shape index (κ3) is 2.76. The monoisotopic (exact) mass is 397 g/mol. The first-order valence-electron chi connectivity index (χ1n) is 9.98. The lowest BCUT2D eigenvalue weighted by molar-refractivity contribution is 0.669. The maximum absolute atomic E-state index is 9.20. The summed E-state index contributed by atoms with van der Waals surface area (Å²) >= 11 is 0. The largest absolute Gasteiger partial charge is 0.456 e. The van der Waals surface area contributed by atoms with Crippen LogP contribution in [-0.2, 0) is 0 Å². The number of nitriles is 1. The van der Waals surface area contributed by atoms with Gasteiger partial charge >= 0.3 is 0 Å². The minimum absolute atomic E-state index is 0.513. The van der Waals surface area contributed by atoms with E-state index < -0.39 is 0 Å². The van der Waals surface area contributed by atoms with Crippen LogP contribution < -0.4 is 0 Å². The van der Waals surface area contributed by atoms with Crippen molar-refractivity contribution in [2.24, 2.45) is 0 Å². The normalized spacial score (nSPS) is 11.2. The third-order valence-electron chi connectivity index (χ3n) is 5.57. The van der Waals surface area contributed by atoms with Crippen molar-refractivity contribution in [3.63, 3.8) is 0 Å². The van der Waals surface area contributed by atoms with Gasteiger partial charge in [0.2, 0.25) is 0 Å². The first kappa shape index (κ1) is 17.4. The van der Waals surface area contributed by atoms with Gasteiger partial charge in [0.1, 0.15) is 17.2 Å². The van der Waals surface area contributed by atoms with Crippen LogP contribution in [0.4, 0.5) is 0 Å². The summed E-state index contributed by atoms with van der Waals surface area (Å²) in [6.07, 6.45) is 3.28. The number of hydrogen-bond donors (Lipinski definition) is 0. The maximum Gasteiger partial charge on any atom is 0.136 e. The van der Waals surface area contributed by atoms with E-state index in [0.717, 1.165) is 55.2 Å². The molecule has 0 fully saturated rings. The molecule has 144 valence electrons. The van der Waals surface area contributed by atoms with Crippen LogP contribution in [0.5, 0.6) is 0 Å². The summed E-state index contributed by atoms with van der Waals surface area (Å²) in [4.78, 5) is 9.08. The molecule has 3 aromatic heterocycles. The van der Waals surface area contributed by atoms with E-state index >= 15 is 0 Å². The highest BCUT2D eigenvalue weighted by atomic mass is 16.3. The van der Waals surface area contributed by atoms with Gasteiger partial charge in [-0.15, -0.1) is 0 Å². The van der Waals surface area contributed by atoms with Crippen LogP contribution in [0.2, 0.25) is 0 Å². The molecular weight excluding hydrogens is 382 g/mol. The molecule has 0 bridgehead atoms. The van der Waals surface area contributed by atoms with Gasteiger partial charge in [0, 0.05) is 34.3 Å². The first-order chi connectivity index (χ1) is 15.3. The number of hydrogen-bond acceptors (Lipinski definition) is 4. The van der Waals surface area contributed by atoms with Crippen molar-refractivity contribution in [2.75, 3.05) is 0 Å². The molecule has 0 saturated carbocycles. The van der Waals surface area contributed by atoms with Crippen molar-refractivity contribution in [2.45, 2.75) is 0 Å². The van der Waals surface area contributed by atoms with Crippen LogP contribution in [0.15, 0.2) is 95.7 Å². The fourth-order valence-electron chi connectivity index (χ4n) is 4.19. The topological polar surface area (TPSA) is 62.7 Å². The highest BCUT2D eigenvalue weighted by Gasteiger charge is 2.15. The van der Waals surface area contributed by atoms with Crippen LogP contribution in [-0.4, -0.2) is 9.97 Å². The zero-order valence-corrected chi connectivity index (χ0v) is 16.4. The SMILES string of the molecule is N#Cc1cncc(-c2cccc(-c3cc4oc5ccccc5c4c4ccccc34)n2)c1. The quantitative estimate of drug-likeness (QED) is 0.325. The zero-order valence-electron chi connectivity index (χ0n) is 16.4. The van der Waals surface area contributed by atoms with Crippen LogP contribution in [0, 0.1) is 11.3 Å². The third-order valence-corrected chi connectivity index (χ3v) is 5.57. The first-order valence-corrected chi connectivity index (χ1v) is 9.98. The number of pyridine rings is 2. The van der Waals surface area contributed by atoms with E-state index in [2.05, 4.69) is 41.4 Å². The Morgan fingerprint density at radius 2 is 1.48 bits per heavy atom. The Morgan fingerprint density at radius 3 is 2.35 bits per heavy atom. The molecule has 0 saturated heterocycles. The van der Waals surface area contributed by atoms with Gasteiger partial charge in [-0.05, 0) is 41.1 Å². The standard InChI is InChI=1S/C27H15N3O/c28-14-17-12-18(16-29-15-17)23-9-5-10-24(30-23)22-13-26-27(20-7-2-1-6-19(20)22)21-8-3-4-11-25(21)31-26/h1-13,15-16H. The summed E-state index contributed by atoms with van der Waals surface area (Å²) in [5, 5.41) is 13.7. The number of aromatic nitrogens is 2. The van der Waals surface area contributed by atoms with Gasteiger partial charge in [0.05, 0.1) is 17.0 Å². The second-order valence-corrected chi connectivity index (χ2v) is 7.42. The van der Waals surface area contributed by atoms with E-state index in [1.54, 1.807) is 18.5 Å². The average molecular weight is 397 g/mol. The lowest BCUT2D eigenvalue weighted by Gasteiger charge is -2.09. The Bertz CT molecular complexity index is 1660. The highest BCUT2D eigenvalue weighted by Crippen LogP contribution is 2.39. The molecule has 0 radical (unpaired) electrons. The summed E-state index contributed by atoms with van der Waals surface area (Å²) in [6.45, 7) is 0. The Labute approximate surface area is 178 Å². The second-order valence-electron chi connectivity index (χ2n) is 7.42. The molecule has 0 aliphatic rings. The van der Waals surface area contributed by atoms with Crippen molar-refractivity contribution in [3.8, 4) is 28.6 Å². The number of fused-ring (bicyclic) bond motifs is 5. The summed E-state index contributed by atoms with van der Waals surface area (Å²) < 4.78 is 6.19. The smallest absolute Gasteiger partial charge is 0.136 e.